The summed E-state index contributed by atoms with van der Waals surface area (Å²) in [6.07, 6.45) is -0.784. The number of carbonyl (C=O) groups excluding carboxylic acids is 3. The van der Waals surface area contributed by atoms with Crippen LogP contribution in [0.25, 0.3) is 0 Å². The standard InChI is InChI=1S/C27H24Cl2N4O3/c1-15(13-18-11-12-19(28)14-21(18)29)26(35)32-25-27(36)33(2)22-6-4-3-5-20(22)23(31-25)16-7-9-17(10-8-16)24(30)34/h3-12,14-15,25H,13H2,1-2H3,(H2,30,34)(H,32,35)/t15-,25?/m1/s1. The Morgan fingerprint density at radius 2 is 1.78 bits per heavy atom. The second-order valence-electron chi connectivity index (χ2n) is 8.59. The molecule has 3 aromatic rings. The van der Waals surface area contributed by atoms with Crippen molar-refractivity contribution in [3.63, 3.8) is 0 Å². The summed E-state index contributed by atoms with van der Waals surface area (Å²) in [5, 5.41) is 3.78. The lowest BCUT2D eigenvalue weighted by atomic mass is 9.99. The first-order valence-electron chi connectivity index (χ1n) is 11.2. The third kappa shape index (κ3) is 5.27. The van der Waals surface area contributed by atoms with Crippen molar-refractivity contribution in [2.24, 2.45) is 16.6 Å². The summed E-state index contributed by atoms with van der Waals surface area (Å²) in [6.45, 7) is 1.76. The third-order valence-corrected chi connectivity index (χ3v) is 6.64. The van der Waals surface area contributed by atoms with Gasteiger partial charge in [0.1, 0.15) is 0 Å². The third-order valence-electron chi connectivity index (χ3n) is 6.05. The lowest BCUT2D eigenvalue weighted by Gasteiger charge is -2.22. The highest BCUT2D eigenvalue weighted by molar-refractivity contribution is 6.35. The van der Waals surface area contributed by atoms with Crippen LogP contribution in [0.1, 0.15) is 34.0 Å². The molecule has 3 N–H and O–H groups in total. The van der Waals surface area contributed by atoms with Gasteiger partial charge in [0, 0.05) is 39.7 Å². The normalized spacial score (nSPS) is 16.0. The Balaban J connectivity index is 1.66. The summed E-state index contributed by atoms with van der Waals surface area (Å²) < 4.78 is 0. The van der Waals surface area contributed by atoms with E-state index in [0.717, 1.165) is 11.1 Å². The molecule has 1 unspecified atom stereocenters. The minimum absolute atomic E-state index is 0.342. The lowest BCUT2D eigenvalue weighted by molar-refractivity contribution is -0.129. The molecule has 0 aliphatic carbocycles. The number of benzodiazepines with no additional fused rings is 1. The highest BCUT2D eigenvalue weighted by Crippen LogP contribution is 2.28. The number of likely N-dealkylation sites (N-methyl/N-ethyl adjacent to an activating group) is 1. The zero-order valence-corrected chi connectivity index (χ0v) is 21.2. The van der Waals surface area contributed by atoms with E-state index in [-0.39, 0.29) is 11.8 Å². The van der Waals surface area contributed by atoms with Gasteiger partial charge in [-0.15, -0.1) is 0 Å². The van der Waals surface area contributed by atoms with Crippen molar-refractivity contribution in [3.8, 4) is 0 Å². The van der Waals surface area contributed by atoms with Crippen molar-refractivity contribution in [2.75, 3.05) is 11.9 Å². The van der Waals surface area contributed by atoms with Crippen LogP contribution in [0.2, 0.25) is 10.0 Å². The van der Waals surface area contributed by atoms with E-state index in [0.29, 0.717) is 39.0 Å². The van der Waals surface area contributed by atoms with Crippen LogP contribution in [0, 0.1) is 5.92 Å². The number of aliphatic imine (C=N–C) groups is 1. The van der Waals surface area contributed by atoms with Crippen molar-refractivity contribution in [1.29, 1.82) is 0 Å². The molecular formula is C27H24Cl2N4O3. The molecule has 0 radical (unpaired) electrons. The maximum atomic E-state index is 13.3. The molecule has 1 aliphatic heterocycles. The van der Waals surface area contributed by atoms with Gasteiger partial charge in [-0.05, 0) is 42.3 Å². The summed E-state index contributed by atoms with van der Waals surface area (Å²) in [4.78, 5) is 44.1. The number of nitrogens with one attached hydrogen (secondary N) is 1. The Bertz CT molecular complexity index is 1370. The topological polar surface area (TPSA) is 105 Å². The van der Waals surface area contributed by atoms with Crippen LogP contribution >= 0.6 is 23.2 Å². The van der Waals surface area contributed by atoms with Crippen molar-refractivity contribution >= 4 is 52.3 Å². The van der Waals surface area contributed by atoms with Crippen molar-refractivity contribution < 1.29 is 14.4 Å². The summed E-state index contributed by atoms with van der Waals surface area (Å²) in [7, 11) is 1.64. The van der Waals surface area contributed by atoms with Crippen molar-refractivity contribution in [3.05, 3.63) is 99.0 Å². The highest BCUT2D eigenvalue weighted by atomic mass is 35.5. The second-order valence-corrected chi connectivity index (χ2v) is 9.43. The van der Waals surface area contributed by atoms with Crippen LogP contribution in [0.3, 0.4) is 0 Å². The summed E-state index contributed by atoms with van der Waals surface area (Å²) in [5.74, 6) is -1.75. The molecule has 184 valence electrons. The Hall–Kier alpha value is -3.68. The molecule has 0 bridgehead atoms. The monoisotopic (exact) mass is 522 g/mol. The van der Waals surface area contributed by atoms with E-state index >= 15 is 0 Å². The van der Waals surface area contributed by atoms with Gasteiger partial charge in [0.2, 0.25) is 18.0 Å². The number of fused-ring (bicyclic) bond motifs is 1. The maximum Gasteiger partial charge on any atom is 0.272 e. The Kier molecular flexibility index (Phi) is 7.43. The van der Waals surface area contributed by atoms with Gasteiger partial charge in [0.15, 0.2) is 0 Å². The first kappa shape index (κ1) is 25.4. The van der Waals surface area contributed by atoms with Crippen LogP contribution in [0.5, 0.6) is 0 Å². The van der Waals surface area contributed by atoms with E-state index in [1.165, 1.54) is 4.90 Å². The van der Waals surface area contributed by atoms with Crippen LogP contribution in [-0.2, 0) is 16.0 Å². The van der Waals surface area contributed by atoms with E-state index < -0.39 is 18.0 Å². The lowest BCUT2D eigenvalue weighted by Crippen LogP contribution is -2.47. The zero-order valence-electron chi connectivity index (χ0n) is 19.7. The highest BCUT2D eigenvalue weighted by Gasteiger charge is 2.32. The molecule has 3 amide bonds. The fourth-order valence-corrected chi connectivity index (χ4v) is 4.51. The quantitative estimate of drug-likeness (QED) is 0.505. The van der Waals surface area contributed by atoms with Crippen LogP contribution in [0.15, 0.2) is 71.7 Å². The molecule has 9 heteroatoms. The summed E-state index contributed by atoms with van der Waals surface area (Å²) in [6, 6.07) is 19.1. The summed E-state index contributed by atoms with van der Waals surface area (Å²) in [5.41, 5.74) is 9.07. The molecular weight excluding hydrogens is 499 g/mol. The van der Waals surface area contributed by atoms with Gasteiger partial charge >= 0.3 is 0 Å². The van der Waals surface area contributed by atoms with Gasteiger partial charge in [-0.25, -0.2) is 4.99 Å². The molecule has 0 aromatic heterocycles. The average molecular weight is 523 g/mol. The Labute approximate surface area is 218 Å². The van der Waals surface area contributed by atoms with Gasteiger partial charge in [-0.1, -0.05) is 66.5 Å². The predicted molar refractivity (Wildman–Crippen MR) is 142 cm³/mol. The van der Waals surface area contributed by atoms with Gasteiger partial charge < -0.3 is 16.0 Å². The number of primary amides is 1. The van der Waals surface area contributed by atoms with Crippen LogP contribution < -0.4 is 16.0 Å². The molecule has 4 rings (SSSR count). The fraction of sp³-hybridized carbons (Fsp3) is 0.185. The minimum atomic E-state index is -1.15. The number of para-hydroxylation sites is 1. The number of hydrogen-bond acceptors (Lipinski definition) is 4. The number of benzene rings is 3. The van der Waals surface area contributed by atoms with Gasteiger partial charge in [0.05, 0.1) is 11.4 Å². The van der Waals surface area contributed by atoms with Gasteiger partial charge in [0.25, 0.3) is 5.91 Å². The van der Waals surface area contributed by atoms with E-state index in [4.69, 9.17) is 28.9 Å². The average Bonchev–Trinajstić information content (AvgIpc) is 2.96. The molecule has 2 atom stereocenters. The number of anilines is 1. The van der Waals surface area contributed by atoms with Gasteiger partial charge in [-0.2, -0.15) is 0 Å². The second kappa shape index (κ2) is 10.5. The van der Waals surface area contributed by atoms with Gasteiger partial charge in [-0.3, -0.25) is 14.4 Å². The number of nitrogens with two attached hydrogens (primary N) is 1. The maximum absolute atomic E-state index is 13.3. The largest absolute Gasteiger partial charge is 0.366 e. The number of rotatable bonds is 6. The summed E-state index contributed by atoms with van der Waals surface area (Å²) >= 11 is 12.2. The molecule has 0 fully saturated rings. The molecule has 0 saturated heterocycles. The number of amides is 3. The smallest absolute Gasteiger partial charge is 0.272 e. The number of nitrogens with zero attached hydrogens (tertiary/aromatic N) is 2. The SMILES string of the molecule is C[C@H](Cc1ccc(Cl)cc1Cl)C(=O)NC1N=C(c2ccc(C(N)=O)cc2)c2ccccc2N(C)C1=O. The molecule has 0 spiro atoms. The minimum Gasteiger partial charge on any atom is -0.366 e. The number of carbonyl (C=O) groups is 3. The Morgan fingerprint density at radius 1 is 1.08 bits per heavy atom. The van der Waals surface area contributed by atoms with E-state index in [9.17, 15) is 14.4 Å². The Morgan fingerprint density at radius 3 is 2.44 bits per heavy atom. The fourth-order valence-electron chi connectivity index (χ4n) is 4.03. The van der Waals surface area contributed by atoms with Crippen LogP contribution in [0.4, 0.5) is 5.69 Å². The van der Waals surface area contributed by atoms with Crippen LogP contribution in [-0.4, -0.2) is 36.6 Å². The number of halogens is 2. The molecule has 7 nitrogen and oxygen atoms in total. The first-order chi connectivity index (χ1) is 17.2. The van der Waals surface area contributed by atoms with E-state index in [1.807, 2.05) is 24.3 Å². The molecule has 0 saturated carbocycles. The molecule has 1 aliphatic rings. The van der Waals surface area contributed by atoms with Crippen molar-refractivity contribution in [1.82, 2.24) is 5.32 Å². The van der Waals surface area contributed by atoms with Crippen molar-refractivity contribution in [2.45, 2.75) is 19.5 Å². The number of hydrogen-bond donors (Lipinski definition) is 2. The molecule has 36 heavy (non-hydrogen) atoms. The van der Waals surface area contributed by atoms with E-state index in [2.05, 4.69) is 10.3 Å². The predicted octanol–water partition coefficient (Wildman–Crippen LogP) is 4.23. The first-order valence-corrected chi connectivity index (χ1v) is 12.0. The molecule has 3 aromatic carbocycles. The zero-order chi connectivity index (χ0) is 26.0. The van der Waals surface area contributed by atoms with E-state index in [1.54, 1.807) is 56.4 Å². The molecule has 1 heterocycles.